The lowest BCUT2D eigenvalue weighted by Crippen LogP contribution is -2.50. The van der Waals surface area contributed by atoms with Crippen molar-refractivity contribution >= 4 is 5.97 Å². The average Bonchev–Trinajstić information content (AvgIpc) is 2.80. The van der Waals surface area contributed by atoms with Crippen molar-refractivity contribution in [2.24, 2.45) is 17.6 Å². The summed E-state index contributed by atoms with van der Waals surface area (Å²) in [6.45, 7) is 2.88. The molecule has 0 radical (unpaired) electrons. The minimum Gasteiger partial charge on any atom is -0.469 e. The van der Waals surface area contributed by atoms with Crippen molar-refractivity contribution in [3.05, 3.63) is 0 Å². The molecule has 2 unspecified atom stereocenters. The van der Waals surface area contributed by atoms with Gasteiger partial charge in [0.15, 0.2) is 0 Å². The molecular weight excluding hydrogens is 216 g/mol. The van der Waals surface area contributed by atoms with Crippen LogP contribution in [0.25, 0.3) is 0 Å². The molecule has 0 aromatic carbocycles. The molecule has 1 aliphatic heterocycles. The summed E-state index contributed by atoms with van der Waals surface area (Å²) in [5.74, 6) is 0.695. The van der Waals surface area contributed by atoms with E-state index in [1.165, 1.54) is 32.8 Å². The molecule has 98 valence electrons. The Kier molecular flexibility index (Phi) is 4.40. The van der Waals surface area contributed by atoms with Crippen molar-refractivity contribution in [3.63, 3.8) is 0 Å². The van der Waals surface area contributed by atoms with Gasteiger partial charge in [0.05, 0.1) is 13.0 Å². The lowest BCUT2D eigenvalue weighted by Gasteiger charge is -2.36. The van der Waals surface area contributed by atoms with Crippen LogP contribution < -0.4 is 5.73 Å². The summed E-state index contributed by atoms with van der Waals surface area (Å²) in [4.78, 5) is 14.0. The maximum Gasteiger partial charge on any atom is 0.310 e. The van der Waals surface area contributed by atoms with Gasteiger partial charge in [-0.25, -0.2) is 0 Å². The van der Waals surface area contributed by atoms with Crippen LogP contribution in [0.2, 0.25) is 0 Å². The number of nitrogens with zero attached hydrogens (tertiary/aromatic N) is 1. The summed E-state index contributed by atoms with van der Waals surface area (Å²) in [5, 5.41) is 0. The summed E-state index contributed by atoms with van der Waals surface area (Å²) in [7, 11) is 1.46. The van der Waals surface area contributed by atoms with Gasteiger partial charge < -0.3 is 15.4 Å². The van der Waals surface area contributed by atoms with Crippen LogP contribution in [0.15, 0.2) is 0 Å². The Morgan fingerprint density at radius 2 is 2.06 bits per heavy atom. The van der Waals surface area contributed by atoms with Gasteiger partial charge in [-0.15, -0.1) is 0 Å². The number of methoxy groups -OCH3 is 1. The summed E-state index contributed by atoms with van der Waals surface area (Å²) in [6, 6.07) is 0.120. The summed E-state index contributed by atoms with van der Waals surface area (Å²) < 4.78 is 4.84. The van der Waals surface area contributed by atoms with Crippen LogP contribution in [0.5, 0.6) is 0 Å². The number of likely N-dealkylation sites (tertiary alicyclic amines) is 1. The van der Waals surface area contributed by atoms with Crippen LogP contribution >= 0.6 is 0 Å². The first-order valence-corrected chi connectivity index (χ1v) is 6.74. The predicted molar refractivity (Wildman–Crippen MR) is 66.5 cm³/mol. The number of esters is 1. The van der Waals surface area contributed by atoms with Crippen LogP contribution in [0, 0.1) is 11.8 Å². The van der Waals surface area contributed by atoms with E-state index in [4.69, 9.17) is 10.5 Å². The second-order valence-electron chi connectivity index (χ2n) is 5.58. The van der Waals surface area contributed by atoms with Crippen molar-refractivity contribution in [2.45, 2.75) is 38.1 Å². The molecule has 0 amide bonds. The summed E-state index contributed by atoms with van der Waals surface area (Å²) >= 11 is 0. The van der Waals surface area contributed by atoms with Gasteiger partial charge >= 0.3 is 5.97 Å². The highest BCUT2D eigenvalue weighted by molar-refractivity contribution is 5.72. The van der Waals surface area contributed by atoms with Gasteiger partial charge in [0.2, 0.25) is 0 Å². The lowest BCUT2D eigenvalue weighted by atomic mass is 9.93. The molecule has 0 aromatic heterocycles. The van der Waals surface area contributed by atoms with E-state index in [1.807, 2.05) is 0 Å². The number of rotatable bonds is 3. The first-order valence-electron chi connectivity index (χ1n) is 6.74. The zero-order chi connectivity index (χ0) is 12.3. The van der Waals surface area contributed by atoms with Crippen LogP contribution in [0.3, 0.4) is 0 Å². The molecule has 1 saturated carbocycles. The molecule has 4 heteroatoms. The Labute approximate surface area is 103 Å². The van der Waals surface area contributed by atoms with E-state index in [9.17, 15) is 4.79 Å². The third-order valence-corrected chi connectivity index (χ3v) is 4.08. The van der Waals surface area contributed by atoms with Gasteiger partial charge in [0.25, 0.3) is 0 Å². The van der Waals surface area contributed by atoms with Crippen molar-refractivity contribution in [1.29, 1.82) is 0 Å². The molecule has 1 heterocycles. The van der Waals surface area contributed by atoms with Crippen LogP contribution in [-0.4, -0.2) is 43.7 Å². The second-order valence-corrected chi connectivity index (χ2v) is 5.58. The predicted octanol–water partition coefficient (Wildman–Crippen LogP) is 0.999. The SMILES string of the molecule is COC(=O)C1CC(N)CN(CC2CCCC2)C1. The highest BCUT2D eigenvalue weighted by Crippen LogP contribution is 2.27. The zero-order valence-electron chi connectivity index (χ0n) is 10.7. The topological polar surface area (TPSA) is 55.6 Å². The maximum atomic E-state index is 11.6. The standard InChI is InChI=1S/C13H24N2O2/c1-17-13(16)11-6-12(14)9-15(8-11)7-10-4-2-3-5-10/h10-12H,2-9,14H2,1H3. The summed E-state index contributed by atoms with van der Waals surface area (Å²) in [5.41, 5.74) is 6.03. The average molecular weight is 240 g/mol. The smallest absolute Gasteiger partial charge is 0.310 e. The fourth-order valence-corrected chi connectivity index (χ4v) is 3.28. The summed E-state index contributed by atoms with van der Waals surface area (Å²) in [6.07, 6.45) is 6.19. The van der Waals surface area contributed by atoms with Gasteiger partial charge in [-0.3, -0.25) is 4.79 Å². The molecule has 0 aromatic rings. The molecule has 0 bridgehead atoms. The molecule has 1 aliphatic carbocycles. The van der Waals surface area contributed by atoms with E-state index >= 15 is 0 Å². The number of carbonyl (C=O) groups is 1. The van der Waals surface area contributed by atoms with Crippen molar-refractivity contribution in [2.75, 3.05) is 26.7 Å². The quantitative estimate of drug-likeness (QED) is 0.748. The second kappa shape index (κ2) is 5.83. The van der Waals surface area contributed by atoms with Crippen molar-refractivity contribution in [3.8, 4) is 0 Å². The fraction of sp³-hybridized carbons (Fsp3) is 0.923. The Morgan fingerprint density at radius 3 is 2.71 bits per heavy atom. The monoisotopic (exact) mass is 240 g/mol. The first-order chi connectivity index (χ1) is 8.19. The minimum atomic E-state index is -0.100. The maximum absolute atomic E-state index is 11.6. The number of hydrogen-bond acceptors (Lipinski definition) is 4. The van der Waals surface area contributed by atoms with Crippen molar-refractivity contribution in [1.82, 2.24) is 4.90 Å². The number of ether oxygens (including phenoxy) is 1. The van der Waals surface area contributed by atoms with Gasteiger partial charge in [-0.2, -0.15) is 0 Å². The Hall–Kier alpha value is -0.610. The number of carbonyl (C=O) groups excluding carboxylic acids is 1. The lowest BCUT2D eigenvalue weighted by molar-refractivity contribution is -0.147. The number of piperidine rings is 1. The molecule has 4 nitrogen and oxygen atoms in total. The molecule has 2 rings (SSSR count). The van der Waals surface area contributed by atoms with E-state index in [-0.39, 0.29) is 17.9 Å². The zero-order valence-corrected chi connectivity index (χ0v) is 10.7. The van der Waals surface area contributed by atoms with Crippen molar-refractivity contribution < 1.29 is 9.53 Å². The van der Waals surface area contributed by atoms with Crippen LogP contribution in [0.1, 0.15) is 32.1 Å². The van der Waals surface area contributed by atoms with E-state index in [0.717, 1.165) is 32.0 Å². The Morgan fingerprint density at radius 1 is 1.35 bits per heavy atom. The molecule has 2 aliphatic rings. The molecule has 2 N–H and O–H groups in total. The van der Waals surface area contributed by atoms with Gasteiger partial charge in [-0.05, 0) is 25.2 Å². The highest BCUT2D eigenvalue weighted by Gasteiger charge is 2.31. The molecule has 1 saturated heterocycles. The third kappa shape index (κ3) is 3.42. The van der Waals surface area contributed by atoms with Crippen LogP contribution in [0.4, 0.5) is 0 Å². The molecule has 2 fully saturated rings. The Balaban J connectivity index is 1.86. The molecule has 17 heavy (non-hydrogen) atoms. The Bertz CT molecular complexity index is 264. The largest absolute Gasteiger partial charge is 0.469 e. The van der Waals surface area contributed by atoms with Crippen LogP contribution in [-0.2, 0) is 9.53 Å². The normalized spacial score (nSPS) is 31.6. The van der Waals surface area contributed by atoms with E-state index in [2.05, 4.69) is 4.90 Å². The fourth-order valence-electron chi connectivity index (χ4n) is 3.28. The molecule has 0 spiro atoms. The third-order valence-electron chi connectivity index (χ3n) is 4.08. The van der Waals surface area contributed by atoms with E-state index in [0.29, 0.717) is 0 Å². The number of nitrogens with two attached hydrogens (primary N) is 1. The van der Waals surface area contributed by atoms with Gasteiger partial charge in [0.1, 0.15) is 0 Å². The van der Waals surface area contributed by atoms with Gasteiger partial charge in [-0.1, -0.05) is 12.8 Å². The first kappa shape index (κ1) is 12.8. The molecular formula is C13H24N2O2. The minimum absolute atomic E-state index is 0.0230. The highest BCUT2D eigenvalue weighted by atomic mass is 16.5. The molecule has 2 atom stereocenters. The number of hydrogen-bond donors (Lipinski definition) is 1. The van der Waals surface area contributed by atoms with Gasteiger partial charge in [0, 0.05) is 25.7 Å². The van der Waals surface area contributed by atoms with E-state index in [1.54, 1.807) is 0 Å². The van der Waals surface area contributed by atoms with E-state index < -0.39 is 0 Å².